The topological polar surface area (TPSA) is 38.5 Å². The first kappa shape index (κ1) is 13.5. The molecule has 18 heavy (non-hydrogen) atoms. The van der Waals surface area contributed by atoms with E-state index >= 15 is 0 Å². The number of piperidine rings is 1. The summed E-state index contributed by atoms with van der Waals surface area (Å²) in [5.74, 6) is 0.673. The minimum absolute atomic E-state index is 0.118. The van der Waals surface area contributed by atoms with Crippen LogP contribution in [-0.4, -0.2) is 38.3 Å². The van der Waals surface area contributed by atoms with Gasteiger partial charge in [-0.25, -0.2) is 0 Å². The second kappa shape index (κ2) is 6.88. The first-order valence-corrected chi connectivity index (χ1v) is 6.81. The molecule has 3 nitrogen and oxygen atoms in total. The lowest BCUT2D eigenvalue weighted by atomic mass is 9.98. The van der Waals surface area contributed by atoms with Crippen molar-refractivity contribution in [3.05, 3.63) is 35.9 Å². The van der Waals surface area contributed by atoms with Gasteiger partial charge in [-0.1, -0.05) is 30.3 Å². The number of ether oxygens (including phenoxy) is 1. The summed E-state index contributed by atoms with van der Waals surface area (Å²) < 4.78 is 5.26. The molecule has 1 aromatic carbocycles. The first-order chi connectivity index (χ1) is 8.79. The van der Waals surface area contributed by atoms with E-state index in [-0.39, 0.29) is 6.04 Å². The largest absolute Gasteiger partial charge is 0.384 e. The van der Waals surface area contributed by atoms with Gasteiger partial charge < -0.3 is 15.4 Å². The number of nitrogens with two attached hydrogens (primary N) is 1. The fourth-order valence-electron chi connectivity index (χ4n) is 2.77. The average Bonchev–Trinajstić information content (AvgIpc) is 2.40. The summed E-state index contributed by atoms with van der Waals surface area (Å²) in [4.78, 5) is 2.48. The Balaban J connectivity index is 1.85. The highest BCUT2D eigenvalue weighted by atomic mass is 16.5. The van der Waals surface area contributed by atoms with Crippen molar-refractivity contribution >= 4 is 0 Å². The van der Waals surface area contributed by atoms with Crippen molar-refractivity contribution in [2.75, 3.05) is 33.4 Å². The van der Waals surface area contributed by atoms with Gasteiger partial charge in [0.05, 0.1) is 6.61 Å². The minimum atomic E-state index is 0.118. The lowest BCUT2D eigenvalue weighted by Crippen LogP contribution is -2.40. The van der Waals surface area contributed by atoms with Crippen LogP contribution in [0.15, 0.2) is 30.3 Å². The van der Waals surface area contributed by atoms with Crippen LogP contribution in [0.1, 0.15) is 24.4 Å². The second-order valence-corrected chi connectivity index (χ2v) is 5.24. The van der Waals surface area contributed by atoms with Crippen molar-refractivity contribution < 1.29 is 4.74 Å². The molecular weight excluding hydrogens is 224 g/mol. The number of methoxy groups -OCH3 is 1. The maximum absolute atomic E-state index is 6.27. The number of hydrogen-bond acceptors (Lipinski definition) is 3. The molecule has 1 saturated heterocycles. The fourth-order valence-corrected chi connectivity index (χ4v) is 2.77. The van der Waals surface area contributed by atoms with Crippen LogP contribution in [-0.2, 0) is 4.74 Å². The Hall–Kier alpha value is -0.900. The Morgan fingerprint density at radius 2 is 2.17 bits per heavy atom. The Morgan fingerprint density at radius 1 is 1.39 bits per heavy atom. The molecule has 1 aromatic rings. The molecule has 0 amide bonds. The van der Waals surface area contributed by atoms with E-state index in [1.54, 1.807) is 7.11 Å². The third kappa shape index (κ3) is 3.80. The van der Waals surface area contributed by atoms with Crippen molar-refractivity contribution in [2.45, 2.75) is 18.9 Å². The third-order valence-electron chi connectivity index (χ3n) is 3.69. The molecule has 1 aliphatic rings. The molecular formula is C15H24N2O. The van der Waals surface area contributed by atoms with E-state index in [0.29, 0.717) is 5.92 Å². The number of rotatable bonds is 5. The van der Waals surface area contributed by atoms with E-state index in [0.717, 1.165) is 19.7 Å². The summed E-state index contributed by atoms with van der Waals surface area (Å²) >= 11 is 0. The zero-order chi connectivity index (χ0) is 12.8. The van der Waals surface area contributed by atoms with Gasteiger partial charge in [-0.3, -0.25) is 0 Å². The van der Waals surface area contributed by atoms with Gasteiger partial charge in [-0.15, -0.1) is 0 Å². The summed E-state index contributed by atoms with van der Waals surface area (Å²) in [5, 5.41) is 0. The molecule has 1 fully saturated rings. The van der Waals surface area contributed by atoms with Crippen LogP contribution in [0, 0.1) is 5.92 Å². The molecule has 1 aliphatic heterocycles. The SMILES string of the molecule is COCC1CCCN(C[C@H](N)c2ccccc2)C1. The smallest absolute Gasteiger partial charge is 0.0502 e. The Kier molecular flexibility index (Phi) is 5.17. The summed E-state index contributed by atoms with van der Waals surface area (Å²) in [6.45, 7) is 4.11. The Morgan fingerprint density at radius 3 is 2.89 bits per heavy atom. The van der Waals surface area contributed by atoms with Gasteiger partial charge in [0, 0.05) is 26.2 Å². The number of nitrogens with zero attached hydrogens (tertiary/aromatic N) is 1. The van der Waals surface area contributed by atoms with Crippen LogP contribution in [0.4, 0.5) is 0 Å². The maximum atomic E-state index is 6.27. The van der Waals surface area contributed by atoms with Gasteiger partial charge in [0.15, 0.2) is 0 Å². The van der Waals surface area contributed by atoms with E-state index in [1.807, 2.05) is 6.07 Å². The van der Waals surface area contributed by atoms with E-state index in [9.17, 15) is 0 Å². The second-order valence-electron chi connectivity index (χ2n) is 5.24. The lowest BCUT2D eigenvalue weighted by molar-refractivity contribution is 0.0878. The van der Waals surface area contributed by atoms with E-state index in [4.69, 9.17) is 10.5 Å². The van der Waals surface area contributed by atoms with Gasteiger partial charge in [-0.2, -0.15) is 0 Å². The van der Waals surface area contributed by atoms with Crippen molar-refractivity contribution in [1.29, 1.82) is 0 Å². The molecule has 0 aromatic heterocycles. The number of likely N-dealkylation sites (tertiary alicyclic amines) is 1. The molecule has 0 aliphatic carbocycles. The highest BCUT2D eigenvalue weighted by molar-refractivity contribution is 5.18. The molecule has 0 radical (unpaired) electrons. The molecule has 3 heteroatoms. The fraction of sp³-hybridized carbons (Fsp3) is 0.600. The molecule has 100 valence electrons. The van der Waals surface area contributed by atoms with E-state index < -0.39 is 0 Å². The Bertz CT molecular complexity index is 340. The highest BCUT2D eigenvalue weighted by Gasteiger charge is 2.21. The van der Waals surface area contributed by atoms with Crippen LogP contribution in [0.2, 0.25) is 0 Å². The van der Waals surface area contributed by atoms with Gasteiger partial charge >= 0.3 is 0 Å². The average molecular weight is 248 g/mol. The van der Waals surface area contributed by atoms with Gasteiger partial charge in [0.25, 0.3) is 0 Å². The molecule has 0 spiro atoms. The lowest BCUT2D eigenvalue weighted by Gasteiger charge is -2.34. The summed E-state index contributed by atoms with van der Waals surface area (Å²) in [6.07, 6.45) is 2.54. The van der Waals surface area contributed by atoms with Crippen molar-refractivity contribution in [2.24, 2.45) is 11.7 Å². The van der Waals surface area contributed by atoms with Crippen molar-refractivity contribution in [1.82, 2.24) is 4.90 Å². The van der Waals surface area contributed by atoms with Crippen LogP contribution >= 0.6 is 0 Å². The van der Waals surface area contributed by atoms with E-state index in [2.05, 4.69) is 29.2 Å². The number of hydrogen-bond donors (Lipinski definition) is 1. The zero-order valence-corrected chi connectivity index (χ0v) is 11.2. The minimum Gasteiger partial charge on any atom is -0.384 e. The first-order valence-electron chi connectivity index (χ1n) is 6.81. The molecule has 1 unspecified atom stereocenters. The van der Waals surface area contributed by atoms with Crippen molar-refractivity contribution in [3.8, 4) is 0 Å². The molecule has 2 N–H and O–H groups in total. The molecule has 0 bridgehead atoms. The predicted molar refractivity (Wildman–Crippen MR) is 74.4 cm³/mol. The highest BCUT2D eigenvalue weighted by Crippen LogP contribution is 2.19. The van der Waals surface area contributed by atoms with Crippen molar-refractivity contribution in [3.63, 3.8) is 0 Å². The normalized spacial score (nSPS) is 22.9. The standard InChI is InChI=1S/C15H24N2O/c1-18-12-13-6-5-9-17(10-13)11-15(16)14-7-3-2-4-8-14/h2-4,7-8,13,15H,5-6,9-12,16H2,1H3/t13?,15-/m0/s1. The van der Waals surface area contributed by atoms with E-state index in [1.165, 1.54) is 24.9 Å². The van der Waals surface area contributed by atoms with Crippen LogP contribution in [0.3, 0.4) is 0 Å². The molecule has 2 rings (SSSR count). The van der Waals surface area contributed by atoms with Crippen LogP contribution in [0.25, 0.3) is 0 Å². The van der Waals surface area contributed by atoms with Gasteiger partial charge in [0.2, 0.25) is 0 Å². The summed E-state index contributed by atoms with van der Waals surface area (Å²) in [5.41, 5.74) is 7.50. The number of benzene rings is 1. The molecule has 0 saturated carbocycles. The summed E-state index contributed by atoms with van der Waals surface area (Å²) in [7, 11) is 1.79. The molecule has 2 atom stereocenters. The van der Waals surface area contributed by atoms with Crippen LogP contribution < -0.4 is 5.73 Å². The third-order valence-corrected chi connectivity index (χ3v) is 3.69. The summed E-state index contributed by atoms with van der Waals surface area (Å²) in [6, 6.07) is 10.5. The maximum Gasteiger partial charge on any atom is 0.0502 e. The Labute approximate surface area is 110 Å². The monoisotopic (exact) mass is 248 g/mol. The van der Waals surface area contributed by atoms with Gasteiger partial charge in [0.1, 0.15) is 0 Å². The quantitative estimate of drug-likeness (QED) is 0.866. The molecule has 1 heterocycles. The van der Waals surface area contributed by atoms with Crippen LogP contribution in [0.5, 0.6) is 0 Å². The zero-order valence-electron chi connectivity index (χ0n) is 11.2. The predicted octanol–water partition coefficient (Wildman–Crippen LogP) is 2.04. The van der Waals surface area contributed by atoms with Gasteiger partial charge in [-0.05, 0) is 30.9 Å².